The zero-order valence-corrected chi connectivity index (χ0v) is 21.5. The summed E-state index contributed by atoms with van der Waals surface area (Å²) in [5.74, 6) is 6.47. The zero-order chi connectivity index (χ0) is 26.8. The average Bonchev–Trinajstić information content (AvgIpc) is 3.64. The van der Waals surface area contributed by atoms with Gasteiger partial charge in [0.2, 0.25) is 5.91 Å². The van der Waals surface area contributed by atoms with Gasteiger partial charge in [-0.25, -0.2) is 13.8 Å². The zero-order valence-electron chi connectivity index (χ0n) is 20.7. The van der Waals surface area contributed by atoms with E-state index in [0.29, 0.717) is 30.0 Å². The molecular weight excluding hydrogens is 516 g/mol. The van der Waals surface area contributed by atoms with E-state index in [1.807, 2.05) is 11.9 Å². The summed E-state index contributed by atoms with van der Waals surface area (Å²) < 4.78 is 32.5. The van der Waals surface area contributed by atoms with Crippen molar-refractivity contribution in [1.82, 2.24) is 25.6 Å². The predicted octanol–water partition coefficient (Wildman–Crippen LogP) is 2.44. The minimum absolute atomic E-state index is 0.0934. The van der Waals surface area contributed by atoms with Gasteiger partial charge in [-0.1, -0.05) is 11.8 Å². The molecule has 2 aliphatic heterocycles. The summed E-state index contributed by atoms with van der Waals surface area (Å²) in [6, 6.07) is 2.72. The molecule has 5 rings (SSSR count). The van der Waals surface area contributed by atoms with Crippen LogP contribution in [0.4, 0.5) is 14.6 Å². The Morgan fingerprint density at radius 1 is 1.21 bits per heavy atom. The fourth-order valence-electron chi connectivity index (χ4n) is 3.97. The number of alkyl halides is 2. The van der Waals surface area contributed by atoms with Crippen LogP contribution in [0.2, 0.25) is 0 Å². The van der Waals surface area contributed by atoms with E-state index >= 15 is 0 Å². The maximum atomic E-state index is 13.6. The highest BCUT2D eigenvalue weighted by molar-refractivity contribution is 8.14. The van der Waals surface area contributed by atoms with Crippen molar-refractivity contribution in [2.24, 2.45) is 11.0 Å². The number of carbonyl (C=O) groups excluding carboxylic acids is 2. The third kappa shape index (κ3) is 5.71. The molecule has 0 radical (unpaired) electrons. The second-order valence-corrected chi connectivity index (χ2v) is 10.1. The van der Waals surface area contributed by atoms with Crippen LogP contribution in [0.1, 0.15) is 35.3 Å². The van der Waals surface area contributed by atoms with Gasteiger partial charge >= 0.3 is 0 Å². The molecule has 2 aromatic rings. The fourth-order valence-corrected chi connectivity index (χ4v) is 4.68. The van der Waals surface area contributed by atoms with Gasteiger partial charge in [0.25, 0.3) is 12.3 Å². The lowest BCUT2D eigenvalue weighted by atomic mass is 9.99. The molecule has 2 fully saturated rings. The lowest BCUT2D eigenvalue weighted by molar-refractivity contribution is -0.120. The molecule has 1 aliphatic carbocycles. The highest BCUT2D eigenvalue weighted by Crippen LogP contribution is 2.36. The normalized spacial score (nSPS) is 19.5. The third-order valence-electron chi connectivity index (χ3n) is 6.17. The van der Waals surface area contributed by atoms with E-state index in [2.05, 4.69) is 37.7 Å². The Kier molecular flexibility index (Phi) is 7.44. The first-order valence-electron chi connectivity index (χ1n) is 12.0. The first-order chi connectivity index (χ1) is 18.3. The molecule has 1 saturated carbocycles. The number of anilines is 1. The number of nitrogens with zero attached hydrogens (tertiary/aromatic N) is 5. The highest BCUT2D eigenvalue weighted by Gasteiger charge is 2.28. The van der Waals surface area contributed by atoms with E-state index in [0.717, 1.165) is 12.8 Å². The molecular formula is C25H25F2N7O3S. The van der Waals surface area contributed by atoms with Crippen molar-refractivity contribution in [2.45, 2.75) is 24.6 Å². The minimum atomic E-state index is -2.83. The van der Waals surface area contributed by atoms with Crippen molar-refractivity contribution in [3.05, 3.63) is 35.8 Å². The molecule has 13 heteroatoms. The Bertz CT molecular complexity index is 1360. The van der Waals surface area contributed by atoms with Gasteiger partial charge in [0, 0.05) is 36.3 Å². The Balaban J connectivity index is 1.48. The van der Waals surface area contributed by atoms with E-state index in [1.165, 1.54) is 48.3 Å². The van der Waals surface area contributed by atoms with E-state index < -0.39 is 18.0 Å². The summed E-state index contributed by atoms with van der Waals surface area (Å²) in [6.45, 7) is 1.24. The van der Waals surface area contributed by atoms with Gasteiger partial charge in [0.1, 0.15) is 17.3 Å². The van der Waals surface area contributed by atoms with Crippen molar-refractivity contribution >= 4 is 34.6 Å². The topological polar surface area (TPSA) is 112 Å². The van der Waals surface area contributed by atoms with Gasteiger partial charge in [-0.2, -0.15) is 5.10 Å². The van der Waals surface area contributed by atoms with Crippen LogP contribution in [0.15, 0.2) is 29.6 Å². The van der Waals surface area contributed by atoms with Crippen molar-refractivity contribution in [3.8, 4) is 28.7 Å². The number of nitrogens with one attached hydrogen (secondary N) is 2. The molecule has 38 heavy (non-hydrogen) atoms. The number of hydrogen-bond acceptors (Lipinski definition) is 9. The highest BCUT2D eigenvalue weighted by atomic mass is 32.2. The van der Waals surface area contributed by atoms with Crippen LogP contribution >= 0.6 is 11.8 Å². The number of ether oxygens (including phenoxy) is 1. The van der Waals surface area contributed by atoms with Crippen molar-refractivity contribution in [1.29, 1.82) is 0 Å². The molecule has 2 N–H and O–H groups in total. The Morgan fingerprint density at radius 2 is 2.03 bits per heavy atom. The number of piperazine rings is 1. The molecule has 1 atom stereocenters. The first kappa shape index (κ1) is 25.9. The van der Waals surface area contributed by atoms with Crippen LogP contribution in [0.5, 0.6) is 5.75 Å². The number of rotatable bonds is 5. The van der Waals surface area contributed by atoms with E-state index in [4.69, 9.17) is 4.74 Å². The quantitative estimate of drug-likeness (QED) is 0.556. The SMILES string of the molecule is COc1cnc(C(F)F)cc1-c1cc(N2CCN(C)CC2=O)ncc1C(=O)NC1=NNC(C#CC2CC2)S1. The van der Waals surface area contributed by atoms with Crippen molar-refractivity contribution in [2.75, 3.05) is 38.7 Å². The molecule has 2 amide bonds. The summed E-state index contributed by atoms with van der Waals surface area (Å²) in [6.07, 6.45) is 1.88. The summed E-state index contributed by atoms with van der Waals surface area (Å²) in [4.78, 5) is 37.6. The number of aromatic nitrogens is 2. The molecule has 4 heterocycles. The van der Waals surface area contributed by atoms with Crippen molar-refractivity contribution in [3.63, 3.8) is 0 Å². The van der Waals surface area contributed by atoms with Gasteiger partial charge in [-0.15, -0.1) is 0 Å². The number of amides is 2. The second kappa shape index (κ2) is 10.9. The minimum Gasteiger partial charge on any atom is -0.494 e. The van der Waals surface area contributed by atoms with Crippen LogP contribution in [0.3, 0.4) is 0 Å². The summed E-state index contributed by atoms with van der Waals surface area (Å²) in [5, 5.41) is 6.93. The molecule has 3 aliphatic rings. The number of methoxy groups -OCH3 is 1. The Morgan fingerprint density at radius 3 is 2.74 bits per heavy atom. The van der Waals surface area contributed by atoms with Gasteiger partial charge < -0.3 is 4.74 Å². The largest absolute Gasteiger partial charge is 0.494 e. The molecule has 10 nitrogen and oxygen atoms in total. The van der Waals surface area contributed by atoms with E-state index in [1.54, 1.807) is 0 Å². The molecule has 0 bridgehead atoms. The molecule has 198 valence electrons. The number of halogens is 2. The van der Waals surface area contributed by atoms with Gasteiger partial charge in [-0.3, -0.25) is 35.1 Å². The Labute approximate surface area is 222 Å². The second-order valence-electron chi connectivity index (χ2n) is 9.04. The number of amidine groups is 1. The monoisotopic (exact) mass is 541 g/mol. The Hall–Kier alpha value is -3.76. The number of likely N-dealkylation sites (N-methyl/N-ethyl adjacent to an activating group) is 1. The van der Waals surface area contributed by atoms with Crippen LogP contribution in [-0.4, -0.2) is 71.0 Å². The number of thioether (sulfide) groups is 1. The number of hydrazone groups is 1. The average molecular weight is 542 g/mol. The lowest BCUT2D eigenvalue weighted by Gasteiger charge is -2.31. The summed E-state index contributed by atoms with van der Waals surface area (Å²) in [5.41, 5.74) is 2.99. The summed E-state index contributed by atoms with van der Waals surface area (Å²) in [7, 11) is 3.22. The van der Waals surface area contributed by atoms with Crippen LogP contribution < -0.4 is 20.4 Å². The molecule has 0 spiro atoms. The van der Waals surface area contributed by atoms with Crippen molar-refractivity contribution < 1.29 is 23.1 Å². The third-order valence-corrected chi connectivity index (χ3v) is 7.05. The standard InChI is InChI=1S/C25H25F2N7O3S/c1-33-7-8-34(22(35)13-33)20-10-15(16-9-18(23(26)27)28-12-19(16)37-2)17(11-29-20)24(36)30-25-32-31-21(38-25)6-5-14-3-4-14/h9-12,14,21,23,31H,3-4,7-8,13H2,1-2H3,(H,30,32,36). The van der Waals surface area contributed by atoms with E-state index in [9.17, 15) is 18.4 Å². The van der Waals surface area contributed by atoms with Gasteiger partial charge in [0.05, 0.1) is 25.4 Å². The lowest BCUT2D eigenvalue weighted by Crippen LogP contribution is -2.49. The van der Waals surface area contributed by atoms with E-state index in [-0.39, 0.29) is 40.3 Å². The van der Waals surface area contributed by atoms with Crippen LogP contribution in [0, 0.1) is 17.8 Å². The van der Waals surface area contributed by atoms with Crippen LogP contribution in [0.25, 0.3) is 11.1 Å². The smallest absolute Gasteiger partial charge is 0.280 e. The van der Waals surface area contributed by atoms with Gasteiger partial charge in [-0.05, 0) is 43.8 Å². The number of hydrogen-bond donors (Lipinski definition) is 2. The maximum Gasteiger partial charge on any atom is 0.280 e. The fraction of sp³-hybridized carbons (Fsp3) is 0.400. The number of pyridine rings is 2. The van der Waals surface area contributed by atoms with Gasteiger partial charge in [0.15, 0.2) is 10.5 Å². The maximum absolute atomic E-state index is 13.6. The van der Waals surface area contributed by atoms with Crippen LogP contribution in [-0.2, 0) is 4.79 Å². The molecule has 1 unspecified atom stereocenters. The predicted molar refractivity (Wildman–Crippen MR) is 139 cm³/mol. The molecule has 0 aromatic carbocycles. The first-order valence-corrected chi connectivity index (χ1v) is 12.8. The summed E-state index contributed by atoms with van der Waals surface area (Å²) >= 11 is 1.27. The molecule has 2 aromatic heterocycles. The number of carbonyl (C=O) groups is 2. The molecule has 1 saturated heterocycles.